The fraction of sp³-hybridized carbons (Fsp3) is 0.143. The summed E-state index contributed by atoms with van der Waals surface area (Å²) in [5.74, 6) is 0. The number of aromatic amines is 1. The third kappa shape index (κ3) is 0.921. The molecule has 2 aromatic heterocycles. The Morgan fingerprint density at radius 2 is 2.42 bits per heavy atom. The van der Waals surface area contributed by atoms with Gasteiger partial charge in [-0.15, -0.1) is 0 Å². The molecule has 0 radical (unpaired) electrons. The van der Waals surface area contributed by atoms with E-state index >= 15 is 0 Å². The van der Waals surface area contributed by atoms with Crippen LogP contribution in [-0.2, 0) is 0 Å². The van der Waals surface area contributed by atoms with E-state index in [2.05, 4.69) is 10.1 Å². The van der Waals surface area contributed by atoms with Crippen LogP contribution in [-0.4, -0.2) is 14.6 Å². The van der Waals surface area contributed by atoms with Gasteiger partial charge in [-0.2, -0.15) is 5.10 Å². The molecule has 0 spiro atoms. The molecular weight excluding hydrogens is 178 g/mol. The Kier molecular flexibility index (Phi) is 1.44. The van der Waals surface area contributed by atoms with Crippen LogP contribution in [0.15, 0.2) is 17.1 Å². The first-order valence-corrected chi connectivity index (χ1v) is 3.80. The summed E-state index contributed by atoms with van der Waals surface area (Å²) in [6, 6.07) is 1.40. The van der Waals surface area contributed by atoms with Gasteiger partial charge >= 0.3 is 0 Å². The Morgan fingerprint density at radius 1 is 1.67 bits per heavy atom. The fourth-order valence-corrected chi connectivity index (χ4v) is 1.22. The van der Waals surface area contributed by atoms with Gasteiger partial charge in [-0.05, 0) is 6.92 Å². The van der Waals surface area contributed by atoms with Crippen LogP contribution in [0.3, 0.4) is 0 Å². The lowest BCUT2D eigenvalue weighted by atomic mass is 10.5. The second kappa shape index (κ2) is 2.35. The van der Waals surface area contributed by atoms with Crippen molar-refractivity contribution in [3.05, 3.63) is 33.3 Å². The standard InChI is InChI=1S/C7H6ClN3O/c1-4-6(8)7-9-5(12)2-3-11(7)10-4/h2-3H,1H3,(H,9,12). The summed E-state index contributed by atoms with van der Waals surface area (Å²) in [6.07, 6.45) is 1.58. The molecule has 1 N–H and O–H groups in total. The summed E-state index contributed by atoms with van der Waals surface area (Å²) >= 11 is 5.86. The highest BCUT2D eigenvalue weighted by Gasteiger charge is 2.05. The van der Waals surface area contributed by atoms with Gasteiger partial charge in [0.2, 0.25) is 0 Å². The zero-order valence-corrected chi connectivity index (χ0v) is 7.09. The largest absolute Gasteiger partial charge is 0.306 e. The molecule has 0 amide bonds. The van der Waals surface area contributed by atoms with Gasteiger partial charge in [0.25, 0.3) is 5.56 Å². The molecule has 0 aliphatic heterocycles. The normalized spacial score (nSPS) is 10.8. The molecule has 2 rings (SSSR count). The van der Waals surface area contributed by atoms with E-state index < -0.39 is 0 Å². The minimum Gasteiger partial charge on any atom is -0.306 e. The van der Waals surface area contributed by atoms with E-state index in [1.165, 1.54) is 6.07 Å². The van der Waals surface area contributed by atoms with Gasteiger partial charge < -0.3 is 4.98 Å². The minimum atomic E-state index is -0.177. The number of halogens is 1. The van der Waals surface area contributed by atoms with Gasteiger partial charge in [-0.3, -0.25) is 4.79 Å². The average molecular weight is 184 g/mol. The smallest absolute Gasteiger partial charge is 0.251 e. The van der Waals surface area contributed by atoms with Crippen molar-refractivity contribution < 1.29 is 0 Å². The quantitative estimate of drug-likeness (QED) is 0.662. The maximum Gasteiger partial charge on any atom is 0.251 e. The third-order valence-corrected chi connectivity index (χ3v) is 2.07. The van der Waals surface area contributed by atoms with E-state index in [-0.39, 0.29) is 5.56 Å². The number of nitrogens with zero attached hydrogens (tertiary/aromatic N) is 2. The molecule has 0 fully saturated rings. The predicted octanol–water partition coefficient (Wildman–Crippen LogP) is 0.984. The van der Waals surface area contributed by atoms with Gasteiger partial charge in [0, 0.05) is 12.3 Å². The zero-order chi connectivity index (χ0) is 8.72. The third-order valence-electron chi connectivity index (χ3n) is 1.62. The molecule has 0 bridgehead atoms. The molecule has 0 saturated heterocycles. The van der Waals surface area contributed by atoms with E-state index in [1.54, 1.807) is 17.6 Å². The van der Waals surface area contributed by atoms with Crippen LogP contribution in [0, 0.1) is 6.92 Å². The topological polar surface area (TPSA) is 50.2 Å². The second-order valence-corrected chi connectivity index (χ2v) is 2.88. The Morgan fingerprint density at radius 3 is 3.17 bits per heavy atom. The molecule has 0 aromatic carbocycles. The number of fused-ring (bicyclic) bond motifs is 1. The summed E-state index contributed by atoms with van der Waals surface area (Å²) in [5, 5.41) is 4.56. The molecule has 0 unspecified atom stereocenters. The lowest BCUT2D eigenvalue weighted by molar-refractivity contribution is 0.910. The SMILES string of the molecule is Cc1nn2ccc(=O)[nH]c2c1Cl. The van der Waals surface area contributed by atoms with Crippen LogP contribution in [0.4, 0.5) is 0 Å². The summed E-state index contributed by atoms with van der Waals surface area (Å²) in [5.41, 5.74) is 1.07. The predicted molar refractivity (Wildman–Crippen MR) is 45.6 cm³/mol. The van der Waals surface area contributed by atoms with E-state index in [4.69, 9.17) is 11.6 Å². The Balaban J connectivity index is 2.98. The van der Waals surface area contributed by atoms with E-state index in [0.717, 1.165) is 0 Å². The van der Waals surface area contributed by atoms with Crippen molar-refractivity contribution in [3.63, 3.8) is 0 Å². The molecule has 4 nitrogen and oxygen atoms in total. The molecule has 2 heterocycles. The Bertz CT molecular complexity index is 485. The van der Waals surface area contributed by atoms with Crippen LogP contribution in [0.1, 0.15) is 5.69 Å². The number of aryl methyl sites for hydroxylation is 1. The molecule has 5 heteroatoms. The molecule has 2 aromatic rings. The van der Waals surface area contributed by atoms with Crippen molar-refractivity contribution in [2.24, 2.45) is 0 Å². The van der Waals surface area contributed by atoms with Gasteiger partial charge in [-0.1, -0.05) is 11.6 Å². The van der Waals surface area contributed by atoms with Crippen LogP contribution < -0.4 is 5.56 Å². The van der Waals surface area contributed by atoms with E-state index in [9.17, 15) is 4.79 Å². The van der Waals surface area contributed by atoms with Gasteiger partial charge in [0.05, 0.1) is 5.69 Å². The molecule has 0 aliphatic carbocycles. The van der Waals surface area contributed by atoms with Crippen molar-refractivity contribution in [1.29, 1.82) is 0 Å². The molecule has 0 saturated carbocycles. The lowest BCUT2D eigenvalue weighted by Gasteiger charge is -1.89. The number of hydrogen-bond acceptors (Lipinski definition) is 2. The average Bonchev–Trinajstić information content (AvgIpc) is 2.31. The molecular formula is C7H6ClN3O. The van der Waals surface area contributed by atoms with E-state index in [1.807, 2.05) is 0 Å². The summed E-state index contributed by atoms with van der Waals surface area (Å²) in [7, 11) is 0. The summed E-state index contributed by atoms with van der Waals surface area (Å²) < 4.78 is 1.54. The van der Waals surface area contributed by atoms with Crippen LogP contribution >= 0.6 is 11.6 Å². The van der Waals surface area contributed by atoms with Crippen molar-refractivity contribution in [3.8, 4) is 0 Å². The van der Waals surface area contributed by atoms with E-state index in [0.29, 0.717) is 16.4 Å². The Labute approximate surface area is 72.8 Å². The molecule has 12 heavy (non-hydrogen) atoms. The monoisotopic (exact) mass is 183 g/mol. The molecule has 0 atom stereocenters. The second-order valence-electron chi connectivity index (χ2n) is 2.50. The molecule has 0 aliphatic rings. The Hall–Kier alpha value is -1.29. The fourth-order valence-electron chi connectivity index (χ4n) is 1.04. The maximum atomic E-state index is 10.9. The van der Waals surface area contributed by atoms with Crippen LogP contribution in [0.2, 0.25) is 5.02 Å². The first-order chi connectivity index (χ1) is 5.68. The summed E-state index contributed by atoms with van der Waals surface area (Å²) in [4.78, 5) is 13.5. The van der Waals surface area contributed by atoms with Crippen molar-refractivity contribution in [1.82, 2.24) is 14.6 Å². The van der Waals surface area contributed by atoms with Gasteiger partial charge in [-0.25, -0.2) is 4.52 Å². The van der Waals surface area contributed by atoms with Gasteiger partial charge in [0.1, 0.15) is 5.02 Å². The number of H-pyrrole nitrogens is 1. The minimum absolute atomic E-state index is 0.177. The van der Waals surface area contributed by atoms with Crippen molar-refractivity contribution in [2.75, 3.05) is 0 Å². The highest BCUT2D eigenvalue weighted by atomic mass is 35.5. The first kappa shape index (κ1) is 7.36. The number of aromatic nitrogens is 3. The number of hydrogen-bond donors (Lipinski definition) is 1. The summed E-state index contributed by atoms with van der Waals surface area (Å²) in [6.45, 7) is 1.79. The van der Waals surface area contributed by atoms with Crippen molar-refractivity contribution >= 4 is 17.2 Å². The maximum absolute atomic E-state index is 10.9. The highest BCUT2D eigenvalue weighted by Crippen LogP contribution is 2.17. The van der Waals surface area contributed by atoms with Crippen molar-refractivity contribution in [2.45, 2.75) is 6.92 Å². The number of rotatable bonds is 0. The highest BCUT2D eigenvalue weighted by molar-refractivity contribution is 6.34. The zero-order valence-electron chi connectivity index (χ0n) is 6.34. The van der Waals surface area contributed by atoms with Gasteiger partial charge in [0.15, 0.2) is 5.65 Å². The first-order valence-electron chi connectivity index (χ1n) is 3.42. The lowest BCUT2D eigenvalue weighted by Crippen LogP contribution is -2.05. The number of nitrogens with one attached hydrogen (secondary N) is 1. The van der Waals surface area contributed by atoms with Crippen LogP contribution in [0.5, 0.6) is 0 Å². The van der Waals surface area contributed by atoms with Crippen LogP contribution in [0.25, 0.3) is 5.65 Å². The molecule has 62 valence electrons.